The van der Waals surface area contributed by atoms with Crippen molar-refractivity contribution in [3.8, 4) is 22.4 Å². The molecule has 3 aromatic rings. The molecule has 0 amide bonds. The molecule has 4 rings (SSSR count). The van der Waals surface area contributed by atoms with Crippen LogP contribution in [0.2, 0.25) is 0 Å². The molecule has 0 spiro atoms. The lowest BCUT2D eigenvalue weighted by Gasteiger charge is -2.06. The fourth-order valence-electron chi connectivity index (χ4n) is 3.44. The van der Waals surface area contributed by atoms with Gasteiger partial charge < -0.3 is 5.11 Å². The number of pyridine rings is 1. The van der Waals surface area contributed by atoms with Gasteiger partial charge in [0, 0.05) is 42.5 Å². The van der Waals surface area contributed by atoms with E-state index in [2.05, 4.69) is 33.3 Å². The standard InChI is InChI=1S/C20H20N4O/c1-21-19-5-3-15-12-16(2-4-17(15)19)18-13-24(10-11-25)23-20(18)14-6-8-22-9-7-14/h2,4,6-9,12-13,25H,3,5,10-11H2,1H3. The van der Waals surface area contributed by atoms with Gasteiger partial charge in [0.15, 0.2) is 0 Å². The number of aliphatic imine (C=N–C) groups is 1. The van der Waals surface area contributed by atoms with Gasteiger partial charge in [-0.3, -0.25) is 14.7 Å². The summed E-state index contributed by atoms with van der Waals surface area (Å²) in [6.45, 7) is 0.549. The van der Waals surface area contributed by atoms with Crippen molar-refractivity contribution in [2.24, 2.45) is 4.99 Å². The second-order valence-electron chi connectivity index (χ2n) is 6.16. The quantitative estimate of drug-likeness (QED) is 0.799. The van der Waals surface area contributed by atoms with Crippen molar-refractivity contribution >= 4 is 5.71 Å². The third-order valence-electron chi connectivity index (χ3n) is 4.67. The molecule has 0 saturated carbocycles. The summed E-state index contributed by atoms with van der Waals surface area (Å²) >= 11 is 0. The molecule has 0 fully saturated rings. The highest BCUT2D eigenvalue weighted by atomic mass is 16.3. The van der Waals surface area contributed by atoms with E-state index < -0.39 is 0 Å². The van der Waals surface area contributed by atoms with Crippen molar-refractivity contribution in [2.75, 3.05) is 13.7 Å². The van der Waals surface area contributed by atoms with Gasteiger partial charge >= 0.3 is 0 Å². The molecule has 1 aromatic carbocycles. The predicted octanol–water partition coefficient (Wildman–Crippen LogP) is 2.97. The van der Waals surface area contributed by atoms with E-state index in [0.717, 1.165) is 35.2 Å². The number of rotatable bonds is 4. The van der Waals surface area contributed by atoms with E-state index in [4.69, 9.17) is 0 Å². The molecule has 0 bridgehead atoms. The largest absolute Gasteiger partial charge is 0.394 e. The Kier molecular flexibility index (Phi) is 4.15. The first-order valence-corrected chi connectivity index (χ1v) is 8.48. The molecule has 0 aliphatic heterocycles. The maximum atomic E-state index is 9.26. The molecule has 0 radical (unpaired) electrons. The molecular formula is C20H20N4O. The SMILES string of the molecule is CN=C1CCc2cc(-c3cn(CCO)nc3-c3ccncc3)ccc21. The van der Waals surface area contributed by atoms with Gasteiger partial charge in [0.05, 0.1) is 13.2 Å². The Hall–Kier alpha value is -2.79. The molecule has 5 nitrogen and oxygen atoms in total. The van der Waals surface area contributed by atoms with Crippen molar-refractivity contribution in [1.29, 1.82) is 0 Å². The monoisotopic (exact) mass is 332 g/mol. The van der Waals surface area contributed by atoms with E-state index in [1.165, 1.54) is 16.8 Å². The Labute approximate surface area is 146 Å². The van der Waals surface area contributed by atoms with E-state index in [-0.39, 0.29) is 6.61 Å². The summed E-state index contributed by atoms with van der Waals surface area (Å²) in [5, 5.41) is 13.9. The summed E-state index contributed by atoms with van der Waals surface area (Å²) in [4.78, 5) is 8.48. The molecule has 0 unspecified atom stereocenters. The Morgan fingerprint density at radius 2 is 1.92 bits per heavy atom. The first kappa shape index (κ1) is 15.7. The number of aliphatic hydroxyl groups excluding tert-OH is 1. The lowest BCUT2D eigenvalue weighted by atomic mass is 9.98. The van der Waals surface area contributed by atoms with Crippen molar-refractivity contribution in [2.45, 2.75) is 19.4 Å². The van der Waals surface area contributed by atoms with Crippen LogP contribution in [0.25, 0.3) is 22.4 Å². The van der Waals surface area contributed by atoms with Crippen molar-refractivity contribution < 1.29 is 5.11 Å². The van der Waals surface area contributed by atoms with E-state index >= 15 is 0 Å². The molecule has 1 aliphatic rings. The smallest absolute Gasteiger partial charge is 0.100 e. The lowest BCUT2D eigenvalue weighted by Crippen LogP contribution is -2.02. The summed E-state index contributed by atoms with van der Waals surface area (Å²) in [6, 6.07) is 10.5. The number of benzene rings is 1. The Morgan fingerprint density at radius 3 is 2.68 bits per heavy atom. The molecule has 1 aliphatic carbocycles. The van der Waals surface area contributed by atoms with Crippen molar-refractivity contribution in [3.05, 3.63) is 60.0 Å². The Morgan fingerprint density at radius 1 is 1.08 bits per heavy atom. The van der Waals surface area contributed by atoms with Crippen LogP contribution in [-0.2, 0) is 13.0 Å². The number of nitrogens with zero attached hydrogens (tertiary/aromatic N) is 4. The Balaban J connectivity index is 1.82. The van der Waals surface area contributed by atoms with Crippen LogP contribution in [0.1, 0.15) is 17.5 Å². The van der Waals surface area contributed by atoms with Gasteiger partial charge in [-0.25, -0.2) is 0 Å². The minimum Gasteiger partial charge on any atom is -0.394 e. The molecule has 0 atom stereocenters. The number of aromatic nitrogens is 3. The second kappa shape index (κ2) is 6.61. The van der Waals surface area contributed by atoms with E-state index in [1.54, 1.807) is 17.1 Å². The molecule has 126 valence electrons. The van der Waals surface area contributed by atoms with Gasteiger partial charge in [-0.1, -0.05) is 18.2 Å². The topological polar surface area (TPSA) is 63.3 Å². The zero-order valence-corrected chi connectivity index (χ0v) is 14.2. The van der Waals surface area contributed by atoms with Crippen molar-refractivity contribution in [3.63, 3.8) is 0 Å². The fraction of sp³-hybridized carbons (Fsp3) is 0.250. The number of hydrogen-bond donors (Lipinski definition) is 1. The summed E-state index contributed by atoms with van der Waals surface area (Å²) in [6.07, 6.45) is 7.60. The normalized spacial score (nSPS) is 14.9. The van der Waals surface area contributed by atoms with E-state index in [0.29, 0.717) is 6.54 Å². The van der Waals surface area contributed by atoms with Gasteiger partial charge in [0.1, 0.15) is 5.69 Å². The number of aryl methyl sites for hydroxylation is 1. The van der Waals surface area contributed by atoms with Gasteiger partial charge in [-0.05, 0) is 41.7 Å². The third-order valence-corrected chi connectivity index (χ3v) is 4.67. The second-order valence-corrected chi connectivity index (χ2v) is 6.16. The number of aliphatic hydroxyl groups is 1. The minimum absolute atomic E-state index is 0.0669. The molecular weight excluding hydrogens is 312 g/mol. The Bertz CT molecular complexity index is 928. The molecule has 0 saturated heterocycles. The fourth-order valence-corrected chi connectivity index (χ4v) is 3.44. The third kappa shape index (κ3) is 2.87. The molecule has 2 heterocycles. The zero-order chi connectivity index (χ0) is 17.2. The van der Waals surface area contributed by atoms with Crippen LogP contribution in [-0.4, -0.2) is 39.2 Å². The van der Waals surface area contributed by atoms with Gasteiger partial charge in [0.25, 0.3) is 0 Å². The average Bonchev–Trinajstić information content (AvgIpc) is 3.26. The maximum Gasteiger partial charge on any atom is 0.100 e. The maximum absolute atomic E-state index is 9.26. The molecule has 25 heavy (non-hydrogen) atoms. The summed E-state index contributed by atoms with van der Waals surface area (Å²) < 4.78 is 1.80. The number of fused-ring (bicyclic) bond motifs is 1. The highest BCUT2D eigenvalue weighted by molar-refractivity contribution is 6.05. The first-order chi connectivity index (χ1) is 12.3. The van der Waals surface area contributed by atoms with Crippen LogP contribution in [0.5, 0.6) is 0 Å². The van der Waals surface area contributed by atoms with Crippen LogP contribution in [0.3, 0.4) is 0 Å². The van der Waals surface area contributed by atoms with E-state index in [1.807, 2.05) is 25.4 Å². The number of hydrogen-bond acceptors (Lipinski definition) is 4. The molecule has 5 heteroatoms. The average molecular weight is 332 g/mol. The van der Waals surface area contributed by atoms with E-state index in [9.17, 15) is 5.11 Å². The van der Waals surface area contributed by atoms with Crippen molar-refractivity contribution in [1.82, 2.24) is 14.8 Å². The van der Waals surface area contributed by atoms with Gasteiger partial charge in [-0.2, -0.15) is 5.10 Å². The summed E-state index contributed by atoms with van der Waals surface area (Å²) in [7, 11) is 1.86. The first-order valence-electron chi connectivity index (χ1n) is 8.48. The molecule has 1 N–H and O–H groups in total. The highest BCUT2D eigenvalue weighted by Gasteiger charge is 2.19. The predicted molar refractivity (Wildman–Crippen MR) is 98.8 cm³/mol. The molecule has 2 aromatic heterocycles. The summed E-state index contributed by atoms with van der Waals surface area (Å²) in [5.74, 6) is 0. The van der Waals surface area contributed by atoms with Crippen LogP contribution in [0, 0.1) is 0 Å². The van der Waals surface area contributed by atoms with Crippen LogP contribution < -0.4 is 0 Å². The van der Waals surface area contributed by atoms with Crippen LogP contribution in [0.4, 0.5) is 0 Å². The van der Waals surface area contributed by atoms with Crippen LogP contribution in [0.15, 0.2) is 53.9 Å². The van der Waals surface area contributed by atoms with Gasteiger partial charge in [-0.15, -0.1) is 0 Å². The lowest BCUT2D eigenvalue weighted by molar-refractivity contribution is 0.269. The zero-order valence-electron chi connectivity index (χ0n) is 14.2. The minimum atomic E-state index is 0.0669. The van der Waals surface area contributed by atoms with Crippen LogP contribution >= 0.6 is 0 Å². The summed E-state index contributed by atoms with van der Waals surface area (Å²) in [5.41, 5.74) is 7.95. The highest BCUT2D eigenvalue weighted by Crippen LogP contribution is 2.34. The van der Waals surface area contributed by atoms with Gasteiger partial charge in [0.2, 0.25) is 0 Å².